The number of anilines is 2. The van der Waals surface area contributed by atoms with Gasteiger partial charge < -0.3 is 26.6 Å². The number of nitrogen functional groups attached to an aromatic ring is 1. The molecule has 0 saturated heterocycles. The van der Waals surface area contributed by atoms with Gasteiger partial charge in [0.1, 0.15) is 6.04 Å². The van der Waals surface area contributed by atoms with Crippen molar-refractivity contribution >= 4 is 40.6 Å². The summed E-state index contributed by atoms with van der Waals surface area (Å²) in [5.74, 6) is -4.25. The van der Waals surface area contributed by atoms with Crippen molar-refractivity contribution in [2.75, 3.05) is 11.1 Å². The molecule has 0 aliphatic heterocycles. The van der Waals surface area contributed by atoms with E-state index in [1.54, 1.807) is 0 Å². The number of hydrogen-bond acceptors (Lipinski definition) is 9. The van der Waals surface area contributed by atoms with Crippen molar-refractivity contribution in [2.24, 2.45) is 0 Å². The first-order valence-electron chi connectivity index (χ1n) is 9.40. The number of halogens is 1. The van der Waals surface area contributed by atoms with Crippen molar-refractivity contribution in [3.8, 4) is 0 Å². The van der Waals surface area contributed by atoms with Gasteiger partial charge in [-0.25, -0.2) is 23.9 Å². The van der Waals surface area contributed by atoms with Gasteiger partial charge in [-0.2, -0.15) is 4.98 Å². The third kappa shape index (κ3) is 5.75. The first-order valence-corrected chi connectivity index (χ1v) is 9.40. The van der Waals surface area contributed by atoms with Crippen LogP contribution in [0.15, 0.2) is 35.3 Å². The van der Waals surface area contributed by atoms with Crippen molar-refractivity contribution < 1.29 is 29.0 Å². The van der Waals surface area contributed by atoms with Crippen LogP contribution >= 0.6 is 0 Å². The average molecular weight is 458 g/mol. The molecule has 0 bridgehead atoms. The molecule has 0 spiro atoms. The molecule has 3 rings (SSSR count). The number of H-pyrrole nitrogens is 1. The smallest absolute Gasteiger partial charge is 0.338 e. The zero-order valence-electron chi connectivity index (χ0n) is 16.8. The Balaban J connectivity index is 1.63. The van der Waals surface area contributed by atoms with E-state index in [4.69, 9.17) is 15.9 Å². The molecular weight excluding hydrogens is 440 g/mol. The van der Waals surface area contributed by atoms with Gasteiger partial charge >= 0.3 is 11.9 Å². The van der Waals surface area contributed by atoms with Crippen molar-refractivity contribution in [3.05, 3.63) is 52.1 Å². The molecule has 14 heteroatoms. The zero-order chi connectivity index (χ0) is 24.1. The summed E-state index contributed by atoms with van der Waals surface area (Å²) in [7, 11) is 0. The van der Waals surface area contributed by atoms with Crippen molar-refractivity contribution in [1.82, 2.24) is 25.3 Å². The number of nitrogens with one attached hydrogen (secondary N) is 3. The summed E-state index contributed by atoms with van der Waals surface area (Å²) in [4.78, 5) is 60.4. The Kier molecular flexibility index (Phi) is 6.76. The van der Waals surface area contributed by atoms with Gasteiger partial charge in [0.25, 0.3) is 11.5 Å². The summed E-state index contributed by atoms with van der Waals surface area (Å²) in [6.07, 6.45) is -1.92. The van der Waals surface area contributed by atoms with Crippen molar-refractivity contribution in [1.29, 1.82) is 0 Å². The minimum Gasteiger partial charge on any atom is -0.480 e. The summed E-state index contributed by atoms with van der Waals surface area (Å²) in [5.41, 5.74) is 6.16. The van der Waals surface area contributed by atoms with Crippen molar-refractivity contribution in [3.63, 3.8) is 0 Å². The second kappa shape index (κ2) is 9.67. The number of fused-ring (bicyclic) bond motifs is 1. The van der Waals surface area contributed by atoms with Gasteiger partial charge in [-0.15, -0.1) is 0 Å². The van der Waals surface area contributed by atoms with Crippen LogP contribution in [0.3, 0.4) is 0 Å². The normalized spacial score (nSPS) is 12.6. The van der Waals surface area contributed by atoms with E-state index in [1.165, 1.54) is 30.5 Å². The number of benzene rings is 1. The molecule has 7 N–H and O–H groups in total. The molecule has 2 atom stereocenters. The van der Waals surface area contributed by atoms with Crippen LogP contribution in [0.1, 0.15) is 22.5 Å². The van der Waals surface area contributed by atoms with Gasteiger partial charge in [-0.05, 0) is 24.3 Å². The Morgan fingerprint density at radius 1 is 1.12 bits per heavy atom. The van der Waals surface area contributed by atoms with Gasteiger partial charge in [-0.3, -0.25) is 14.6 Å². The van der Waals surface area contributed by atoms with Gasteiger partial charge in [0, 0.05) is 17.7 Å². The van der Waals surface area contributed by atoms with Gasteiger partial charge in [0.15, 0.2) is 17.3 Å². The lowest BCUT2D eigenvalue weighted by Crippen LogP contribution is -2.43. The number of carbonyl (C=O) groups is 3. The Morgan fingerprint density at radius 3 is 2.45 bits per heavy atom. The molecule has 0 aliphatic carbocycles. The largest absolute Gasteiger partial charge is 0.480 e. The predicted octanol–water partition coefficient (Wildman–Crippen LogP) is -0.0968. The number of carboxylic acids is 2. The maximum Gasteiger partial charge on any atom is 0.338 e. The summed E-state index contributed by atoms with van der Waals surface area (Å²) in [6, 6.07) is 4.14. The fraction of sp³-hybridized carbons (Fsp3) is 0.211. The molecule has 0 saturated carbocycles. The molecule has 1 unspecified atom stereocenters. The summed E-state index contributed by atoms with van der Waals surface area (Å²) >= 11 is 0. The molecule has 2 aromatic heterocycles. The standard InChI is InChI=1S/C19H18FN7O6/c20-11(17(30)31)5-12(18(32)33)25-15(28)8-1-3-9(4-2-8)22-6-10-7-23-14-13(24-10)16(29)27-19(21)26-14/h1-4,7,11-12,22H,5-6H2,(H,25,28)(H,30,31)(H,32,33)(H3,21,23,26,27,29)/t11?,12-/m0/s1/i20-1. The van der Waals surface area contributed by atoms with E-state index >= 15 is 0 Å². The monoisotopic (exact) mass is 458 g/mol. The fourth-order valence-electron chi connectivity index (χ4n) is 2.76. The fourth-order valence-corrected chi connectivity index (χ4v) is 2.76. The Bertz CT molecular complexity index is 1260. The highest BCUT2D eigenvalue weighted by atomic mass is 18.2. The Labute approximate surface area is 183 Å². The van der Waals surface area contributed by atoms with Crippen LogP contribution in [0.5, 0.6) is 0 Å². The lowest BCUT2D eigenvalue weighted by atomic mass is 10.1. The highest BCUT2D eigenvalue weighted by Gasteiger charge is 2.28. The lowest BCUT2D eigenvalue weighted by molar-refractivity contribution is -0.145. The number of carbonyl (C=O) groups excluding carboxylic acids is 1. The molecule has 2 heterocycles. The molecule has 0 aliphatic rings. The number of nitrogens with zero attached hydrogens (tertiary/aromatic N) is 3. The van der Waals surface area contributed by atoms with Crippen LogP contribution < -0.4 is 21.9 Å². The van der Waals surface area contributed by atoms with Gasteiger partial charge in [0.2, 0.25) is 5.95 Å². The Morgan fingerprint density at radius 2 is 1.82 bits per heavy atom. The van der Waals surface area contributed by atoms with Crippen LogP contribution in [-0.2, 0) is 16.1 Å². The number of carboxylic acid groups (broad SMARTS) is 2. The molecule has 1 aromatic carbocycles. The van der Waals surface area contributed by atoms with Crippen LogP contribution in [0.25, 0.3) is 11.2 Å². The number of alkyl halides is 1. The quantitative estimate of drug-likeness (QED) is 0.249. The third-order valence-electron chi connectivity index (χ3n) is 4.42. The Hall–Kier alpha value is -4.62. The molecule has 33 heavy (non-hydrogen) atoms. The highest BCUT2D eigenvalue weighted by molar-refractivity contribution is 5.97. The van der Waals surface area contributed by atoms with Crippen LogP contribution in [0, 0.1) is 0 Å². The molecule has 1 amide bonds. The van der Waals surface area contributed by atoms with Gasteiger partial charge in [0.05, 0.1) is 18.4 Å². The van der Waals surface area contributed by atoms with Crippen molar-refractivity contribution in [2.45, 2.75) is 25.2 Å². The van der Waals surface area contributed by atoms with Gasteiger partial charge in [-0.1, -0.05) is 0 Å². The number of hydrogen-bond donors (Lipinski definition) is 6. The lowest BCUT2D eigenvalue weighted by Gasteiger charge is -2.15. The molecular formula is C19H18FN7O6. The summed E-state index contributed by atoms with van der Waals surface area (Å²) in [6.45, 7) is 0.187. The highest BCUT2D eigenvalue weighted by Crippen LogP contribution is 2.12. The predicted molar refractivity (Wildman–Crippen MR) is 112 cm³/mol. The average Bonchev–Trinajstić information content (AvgIpc) is 2.77. The van der Waals surface area contributed by atoms with E-state index in [9.17, 15) is 23.6 Å². The first-order chi connectivity index (χ1) is 15.6. The van der Waals surface area contributed by atoms with Crippen LogP contribution in [0.2, 0.25) is 0 Å². The topological polar surface area (TPSA) is 213 Å². The van der Waals surface area contributed by atoms with E-state index in [0.29, 0.717) is 11.4 Å². The molecule has 0 radical (unpaired) electrons. The SMILES string of the molecule is Nc1nc2ncc(CNc3ccc(C(=O)N[C@@H](CC([18F])C(=O)O)C(=O)O)cc3)nc2c(=O)[nH]1. The van der Waals surface area contributed by atoms with E-state index in [2.05, 4.69) is 30.6 Å². The minimum absolute atomic E-state index is 0.0296. The van der Waals surface area contributed by atoms with Crippen LogP contribution in [0.4, 0.5) is 16.0 Å². The first kappa shape index (κ1) is 23.1. The number of nitrogens with two attached hydrogens (primary N) is 1. The van der Waals surface area contributed by atoms with E-state index in [-0.39, 0.29) is 29.2 Å². The van der Waals surface area contributed by atoms with E-state index < -0.39 is 42.0 Å². The van der Waals surface area contributed by atoms with Crippen LogP contribution in [-0.4, -0.2) is 60.2 Å². The number of aliphatic carboxylic acids is 2. The number of rotatable bonds is 9. The molecule has 0 fully saturated rings. The maximum atomic E-state index is 13.3. The molecule has 172 valence electrons. The molecule has 13 nitrogen and oxygen atoms in total. The second-order valence-corrected chi connectivity index (χ2v) is 6.82. The number of aromatic nitrogens is 4. The summed E-state index contributed by atoms with van der Waals surface area (Å²) in [5, 5.41) is 22.8. The molecule has 3 aromatic rings. The van der Waals surface area contributed by atoms with E-state index in [1.807, 2.05) is 0 Å². The maximum absolute atomic E-state index is 13.3. The minimum atomic E-state index is -2.43. The third-order valence-corrected chi connectivity index (χ3v) is 4.42. The van der Waals surface area contributed by atoms with E-state index in [0.717, 1.165) is 0 Å². The zero-order valence-corrected chi connectivity index (χ0v) is 16.8. The number of amides is 1. The summed E-state index contributed by atoms with van der Waals surface area (Å²) < 4.78 is 13.3. The number of aromatic amines is 1. The second-order valence-electron chi connectivity index (χ2n) is 6.82.